The third-order valence-corrected chi connectivity index (χ3v) is 2.74. The average molecular weight is 262 g/mol. The predicted octanol–water partition coefficient (Wildman–Crippen LogP) is -2.71. The zero-order valence-electron chi connectivity index (χ0n) is 8.99. The summed E-state index contributed by atoms with van der Waals surface area (Å²) in [7, 11) is 0. The first kappa shape index (κ1) is 12.9. The molecule has 100 valence electrons. The maximum Gasteiger partial charge on any atom is 0.330 e. The van der Waals surface area contributed by atoms with Crippen LogP contribution in [0.1, 0.15) is 6.23 Å². The van der Waals surface area contributed by atoms with E-state index in [0.717, 1.165) is 0 Å². The highest BCUT2D eigenvalue weighted by molar-refractivity contribution is 4.94. The van der Waals surface area contributed by atoms with Crippen LogP contribution >= 0.6 is 0 Å². The third-order valence-electron chi connectivity index (χ3n) is 2.74. The minimum Gasteiger partial charge on any atom is -0.394 e. The van der Waals surface area contributed by atoms with Gasteiger partial charge >= 0.3 is 5.69 Å². The molecule has 2 rings (SSSR count). The first-order chi connectivity index (χ1) is 8.47. The van der Waals surface area contributed by atoms with Crippen molar-refractivity contribution in [3.63, 3.8) is 0 Å². The second-order valence-corrected chi connectivity index (χ2v) is 3.85. The van der Waals surface area contributed by atoms with Crippen molar-refractivity contribution in [2.75, 3.05) is 6.61 Å². The number of aromatic amines is 1. The molecule has 0 saturated carbocycles. The fraction of sp³-hybridized carbons (Fsp3) is 0.556. The monoisotopic (exact) mass is 262 g/mol. The molecule has 8 nitrogen and oxygen atoms in total. The minimum absolute atomic E-state index is 0.318. The van der Waals surface area contributed by atoms with Gasteiger partial charge in [0.25, 0.3) is 5.56 Å². The van der Waals surface area contributed by atoms with Crippen molar-refractivity contribution in [2.24, 2.45) is 0 Å². The van der Waals surface area contributed by atoms with Crippen molar-refractivity contribution in [1.29, 1.82) is 0 Å². The lowest BCUT2D eigenvalue weighted by Crippen LogP contribution is -2.43. The molecule has 1 aliphatic rings. The highest BCUT2D eigenvalue weighted by Gasteiger charge is 2.44. The van der Waals surface area contributed by atoms with Crippen LogP contribution in [-0.2, 0) is 4.74 Å². The Labute approximate surface area is 98.9 Å². The van der Waals surface area contributed by atoms with Gasteiger partial charge in [0.15, 0.2) is 6.23 Å². The Morgan fingerprint density at radius 2 is 2.06 bits per heavy atom. The summed E-state index contributed by atoms with van der Waals surface area (Å²) in [6.45, 7) is -0.614. The van der Waals surface area contributed by atoms with Crippen LogP contribution in [0.15, 0.2) is 15.8 Å². The molecule has 18 heavy (non-hydrogen) atoms. The molecular formula is C9H11FN2O6. The molecule has 0 bridgehead atoms. The van der Waals surface area contributed by atoms with Crippen LogP contribution in [-0.4, -0.2) is 49.8 Å². The number of aromatic nitrogens is 2. The van der Waals surface area contributed by atoms with Gasteiger partial charge in [-0.1, -0.05) is 0 Å². The number of nitrogens with zero attached hydrogens (tertiary/aromatic N) is 1. The van der Waals surface area contributed by atoms with E-state index in [2.05, 4.69) is 0 Å². The smallest absolute Gasteiger partial charge is 0.330 e. The standard InChI is InChI=1S/C9H11FN2O6/c10-3-1-11-9(17)12(7(3)16)8-6(15)5(14)4(2-13)18-8/h1,4-6,8,13-15H,2H2,(H,11,17)/t4-,5-,6-,8+/m1/s1. The Bertz CT molecular complexity index is 555. The van der Waals surface area contributed by atoms with E-state index in [1.165, 1.54) is 0 Å². The summed E-state index contributed by atoms with van der Waals surface area (Å²) < 4.78 is 18.3. The van der Waals surface area contributed by atoms with Crippen molar-refractivity contribution in [3.8, 4) is 0 Å². The van der Waals surface area contributed by atoms with Gasteiger partial charge in [0, 0.05) is 6.20 Å². The second kappa shape index (κ2) is 4.61. The van der Waals surface area contributed by atoms with Gasteiger partial charge in [-0.05, 0) is 0 Å². The van der Waals surface area contributed by atoms with E-state index in [-0.39, 0.29) is 0 Å². The summed E-state index contributed by atoms with van der Waals surface area (Å²) in [5.41, 5.74) is -2.27. The van der Waals surface area contributed by atoms with E-state index >= 15 is 0 Å². The molecule has 1 aromatic rings. The topological polar surface area (TPSA) is 125 Å². The molecule has 0 amide bonds. The number of nitrogens with one attached hydrogen (secondary N) is 1. The van der Waals surface area contributed by atoms with Crippen LogP contribution in [0.3, 0.4) is 0 Å². The third kappa shape index (κ3) is 1.86. The van der Waals surface area contributed by atoms with Crippen LogP contribution in [0.25, 0.3) is 0 Å². The first-order valence-corrected chi connectivity index (χ1v) is 5.09. The van der Waals surface area contributed by atoms with E-state index in [0.29, 0.717) is 10.8 Å². The number of ether oxygens (including phenoxy) is 1. The Morgan fingerprint density at radius 1 is 1.39 bits per heavy atom. The molecule has 2 heterocycles. The Hall–Kier alpha value is -1.55. The Morgan fingerprint density at radius 3 is 2.61 bits per heavy atom. The fourth-order valence-electron chi connectivity index (χ4n) is 1.79. The number of halogens is 1. The summed E-state index contributed by atoms with van der Waals surface area (Å²) in [6, 6.07) is 0. The first-order valence-electron chi connectivity index (χ1n) is 5.09. The van der Waals surface area contributed by atoms with E-state index in [1.807, 2.05) is 4.98 Å². The molecule has 0 spiro atoms. The Balaban J connectivity index is 2.48. The maximum atomic E-state index is 13.1. The normalized spacial score (nSPS) is 31.8. The van der Waals surface area contributed by atoms with Gasteiger partial charge in [-0.3, -0.25) is 4.79 Å². The number of aliphatic hydroxyl groups is 3. The molecule has 4 atom stereocenters. The summed E-state index contributed by atoms with van der Waals surface area (Å²) in [5, 5.41) is 28.0. The summed E-state index contributed by atoms with van der Waals surface area (Å²) in [5.74, 6) is -1.23. The summed E-state index contributed by atoms with van der Waals surface area (Å²) in [4.78, 5) is 24.8. The van der Waals surface area contributed by atoms with Crippen molar-refractivity contribution < 1.29 is 24.4 Å². The van der Waals surface area contributed by atoms with Gasteiger partial charge in [-0.2, -0.15) is 4.39 Å². The molecule has 4 N–H and O–H groups in total. The van der Waals surface area contributed by atoms with Crippen LogP contribution in [0.4, 0.5) is 4.39 Å². The highest BCUT2D eigenvalue weighted by Crippen LogP contribution is 2.27. The van der Waals surface area contributed by atoms with Gasteiger partial charge in [-0.15, -0.1) is 0 Å². The van der Waals surface area contributed by atoms with Gasteiger partial charge < -0.3 is 25.0 Å². The van der Waals surface area contributed by atoms with Crippen LogP contribution < -0.4 is 11.2 Å². The molecule has 9 heteroatoms. The average Bonchev–Trinajstić information content (AvgIpc) is 2.62. The van der Waals surface area contributed by atoms with Crippen molar-refractivity contribution in [1.82, 2.24) is 9.55 Å². The Kier molecular flexibility index (Phi) is 3.30. The maximum absolute atomic E-state index is 13.1. The predicted molar refractivity (Wildman–Crippen MR) is 54.3 cm³/mol. The van der Waals surface area contributed by atoms with Crippen molar-refractivity contribution >= 4 is 0 Å². The highest BCUT2D eigenvalue weighted by atomic mass is 19.1. The molecule has 0 aromatic carbocycles. The summed E-state index contributed by atoms with van der Waals surface area (Å²) in [6.07, 6.45) is -5.22. The van der Waals surface area contributed by atoms with E-state index in [9.17, 15) is 24.2 Å². The van der Waals surface area contributed by atoms with Crippen LogP contribution in [0.5, 0.6) is 0 Å². The minimum atomic E-state index is -1.62. The quantitative estimate of drug-likeness (QED) is 0.459. The van der Waals surface area contributed by atoms with Crippen LogP contribution in [0.2, 0.25) is 0 Å². The number of hydrogen-bond acceptors (Lipinski definition) is 6. The van der Waals surface area contributed by atoms with E-state index in [4.69, 9.17) is 9.84 Å². The SMILES string of the molecule is O=c1[nH]cc(F)c(=O)n1[C@H]1O[C@H](CO)[C@@H](O)[C@H]1O. The largest absolute Gasteiger partial charge is 0.394 e. The zero-order chi connectivity index (χ0) is 13.4. The van der Waals surface area contributed by atoms with E-state index in [1.54, 1.807) is 0 Å². The lowest BCUT2D eigenvalue weighted by molar-refractivity contribution is -0.0569. The molecule has 0 radical (unpaired) electrons. The van der Waals surface area contributed by atoms with Crippen molar-refractivity contribution in [2.45, 2.75) is 24.5 Å². The van der Waals surface area contributed by atoms with Gasteiger partial charge in [-0.25, -0.2) is 9.36 Å². The van der Waals surface area contributed by atoms with Gasteiger partial charge in [0.1, 0.15) is 18.3 Å². The lowest BCUT2D eigenvalue weighted by atomic mass is 10.1. The number of rotatable bonds is 2. The van der Waals surface area contributed by atoms with Gasteiger partial charge in [0.2, 0.25) is 5.82 Å². The molecule has 1 saturated heterocycles. The van der Waals surface area contributed by atoms with Crippen molar-refractivity contribution in [3.05, 3.63) is 32.9 Å². The number of hydrogen-bond donors (Lipinski definition) is 4. The van der Waals surface area contributed by atoms with Crippen LogP contribution in [0, 0.1) is 5.82 Å². The fourth-order valence-corrected chi connectivity index (χ4v) is 1.79. The molecule has 1 aliphatic heterocycles. The van der Waals surface area contributed by atoms with E-state index < -0.39 is 48.2 Å². The molecule has 1 fully saturated rings. The molecule has 1 aromatic heterocycles. The van der Waals surface area contributed by atoms with Gasteiger partial charge in [0.05, 0.1) is 6.61 Å². The number of H-pyrrole nitrogens is 1. The second-order valence-electron chi connectivity index (χ2n) is 3.85. The molecule has 0 unspecified atom stereocenters. The number of aliphatic hydroxyl groups excluding tert-OH is 3. The molecular weight excluding hydrogens is 251 g/mol. The summed E-state index contributed by atoms with van der Waals surface area (Å²) >= 11 is 0. The zero-order valence-corrected chi connectivity index (χ0v) is 8.99. The lowest BCUT2D eigenvalue weighted by Gasteiger charge is -2.15. The molecule has 0 aliphatic carbocycles.